The van der Waals surface area contributed by atoms with Crippen LogP contribution < -0.4 is 19.6 Å². The summed E-state index contributed by atoms with van der Waals surface area (Å²) in [5.41, 5.74) is 1.93. The molecule has 0 spiro atoms. The number of thiazole rings is 1. The summed E-state index contributed by atoms with van der Waals surface area (Å²) < 4.78 is 13.9. The van der Waals surface area contributed by atoms with Gasteiger partial charge in [0, 0.05) is 5.56 Å². The Hall–Kier alpha value is -3.17. The Morgan fingerprint density at radius 3 is 2.71 bits per heavy atom. The van der Waals surface area contributed by atoms with E-state index in [4.69, 9.17) is 9.47 Å². The fourth-order valence-electron chi connectivity index (χ4n) is 3.92. The lowest BCUT2D eigenvalue weighted by molar-refractivity contribution is -0.139. The molecule has 9 heteroatoms. The molecule has 2 aromatic carbocycles. The smallest absolute Gasteiger partial charge is 0.338 e. The van der Waals surface area contributed by atoms with Gasteiger partial charge in [-0.3, -0.25) is 9.36 Å². The summed E-state index contributed by atoms with van der Waals surface area (Å²) in [7, 11) is 0. The number of phenols is 1. The van der Waals surface area contributed by atoms with Crippen molar-refractivity contribution in [3.05, 3.63) is 89.0 Å². The number of nitrogens with zero attached hydrogens (tertiary/aromatic N) is 2. The first-order valence-corrected chi connectivity index (χ1v) is 12.8. The Morgan fingerprint density at radius 1 is 1.29 bits per heavy atom. The number of phenolic OH excluding ortho intramolecular Hbond substituents is 1. The monoisotopic (exact) mass is 556 g/mol. The number of aromatic nitrogens is 1. The van der Waals surface area contributed by atoms with Crippen LogP contribution in [0.25, 0.3) is 6.08 Å². The summed E-state index contributed by atoms with van der Waals surface area (Å²) in [6.45, 7) is 7.53. The van der Waals surface area contributed by atoms with Crippen LogP contribution in [-0.4, -0.2) is 28.4 Å². The number of halogens is 1. The molecule has 0 saturated carbocycles. The molecule has 35 heavy (non-hydrogen) atoms. The highest BCUT2D eigenvalue weighted by atomic mass is 79.9. The van der Waals surface area contributed by atoms with Crippen LogP contribution in [0.1, 0.15) is 44.9 Å². The molecule has 0 fully saturated rings. The van der Waals surface area contributed by atoms with E-state index in [1.807, 2.05) is 38.1 Å². The molecule has 0 amide bonds. The Morgan fingerprint density at radius 2 is 2.03 bits per heavy atom. The summed E-state index contributed by atoms with van der Waals surface area (Å²) in [6, 6.07) is 11.6. The second-order valence-electron chi connectivity index (χ2n) is 8.22. The largest absolute Gasteiger partial charge is 0.507 e. The van der Waals surface area contributed by atoms with E-state index in [1.165, 1.54) is 15.9 Å². The van der Waals surface area contributed by atoms with Gasteiger partial charge in [0.2, 0.25) is 0 Å². The van der Waals surface area contributed by atoms with Gasteiger partial charge in [-0.15, -0.1) is 0 Å². The van der Waals surface area contributed by atoms with Gasteiger partial charge in [-0.25, -0.2) is 9.79 Å². The SMILES string of the molecule is CCOC(=O)C1=C(C)N=c2s/c(=C/c3ccc(O)c(Br)c3)c(=O)n2[C@@H]1c1ccccc1OC(C)C. The molecule has 1 aliphatic heterocycles. The third kappa shape index (κ3) is 4.97. The highest BCUT2D eigenvalue weighted by Crippen LogP contribution is 2.36. The van der Waals surface area contributed by atoms with Crippen LogP contribution in [0.5, 0.6) is 11.5 Å². The van der Waals surface area contributed by atoms with Crippen molar-refractivity contribution in [1.29, 1.82) is 0 Å². The first-order valence-electron chi connectivity index (χ1n) is 11.1. The van der Waals surface area contributed by atoms with Crippen molar-refractivity contribution in [2.45, 2.75) is 39.8 Å². The van der Waals surface area contributed by atoms with E-state index in [0.717, 1.165) is 5.56 Å². The van der Waals surface area contributed by atoms with E-state index in [9.17, 15) is 14.7 Å². The Kier molecular flexibility index (Phi) is 7.28. The topological polar surface area (TPSA) is 90.1 Å². The minimum absolute atomic E-state index is 0.101. The fraction of sp³-hybridized carbons (Fsp3) is 0.269. The van der Waals surface area contributed by atoms with Crippen molar-refractivity contribution < 1.29 is 19.4 Å². The first kappa shape index (κ1) is 24.9. The first-order chi connectivity index (χ1) is 16.7. The number of hydrogen-bond donors (Lipinski definition) is 1. The predicted molar refractivity (Wildman–Crippen MR) is 138 cm³/mol. The number of rotatable bonds is 6. The van der Waals surface area contributed by atoms with Crippen molar-refractivity contribution in [2.75, 3.05) is 6.61 Å². The highest BCUT2D eigenvalue weighted by molar-refractivity contribution is 9.10. The van der Waals surface area contributed by atoms with Gasteiger partial charge >= 0.3 is 5.97 Å². The lowest BCUT2D eigenvalue weighted by atomic mass is 9.95. The van der Waals surface area contributed by atoms with E-state index >= 15 is 0 Å². The van der Waals surface area contributed by atoms with Crippen LogP contribution in [0, 0.1) is 0 Å². The number of esters is 1. The van der Waals surface area contributed by atoms with Gasteiger partial charge in [0.1, 0.15) is 17.5 Å². The van der Waals surface area contributed by atoms with Crippen LogP contribution >= 0.6 is 27.3 Å². The van der Waals surface area contributed by atoms with E-state index < -0.39 is 12.0 Å². The lowest BCUT2D eigenvalue weighted by Gasteiger charge is -2.26. The molecule has 1 N–H and O–H groups in total. The summed E-state index contributed by atoms with van der Waals surface area (Å²) in [5.74, 6) is 0.177. The van der Waals surface area contributed by atoms with Crippen LogP contribution in [0.3, 0.4) is 0 Å². The third-order valence-corrected chi connectivity index (χ3v) is 6.98. The minimum Gasteiger partial charge on any atom is -0.507 e. The van der Waals surface area contributed by atoms with Crippen LogP contribution in [0.2, 0.25) is 0 Å². The fourth-order valence-corrected chi connectivity index (χ4v) is 5.36. The maximum Gasteiger partial charge on any atom is 0.338 e. The van der Waals surface area contributed by atoms with Crippen molar-refractivity contribution in [2.24, 2.45) is 4.99 Å². The zero-order valence-corrected chi connectivity index (χ0v) is 22.1. The maximum absolute atomic E-state index is 13.7. The van der Waals surface area contributed by atoms with Crippen molar-refractivity contribution >= 4 is 39.3 Å². The number of benzene rings is 2. The highest BCUT2D eigenvalue weighted by Gasteiger charge is 2.35. The van der Waals surface area contributed by atoms with Crippen molar-refractivity contribution in [3.8, 4) is 11.5 Å². The number of ether oxygens (including phenoxy) is 2. The molecule has 0 aliphatic carbocycles. The number of hydrogen-bond acceptors (Lipinski definition) is 7. The van der Waals surface area contributed by atoms with Crippen LogP contribution in [0.15, 0.2) is 68.0 Å². The molecule has 7 nitrogen and oxygen atoms in total. The van der Waals surface area contributed by atoms with E-state index in [1.54, 1.807) is 38.1 Å². The van der Waals surface area contributed by atoms with E-state index in [2.05, 4.69) is 20.9 Å². The predicted octanol–water partition coefficient (Wildman–Crippen LogP) is 4.05. The molecule has 1 aromatic heterocycles. The molecule has 0 saturated heterocycles. The average molecular weight is 557 g/mol. The number of carbonyl (C=O) groups is 1. The summed E-state index contributed by atoms with van der Waals surface area (Å²) in [6.07, 6.45) is 1.64. The van der Waals surface area contributed by atoms with Crippen LogP contribution in [0.4, 0.5) is 0 Å². The number of fused-ring (bicyclic) bond motifs is 1. The number of aromatic hydroxyl groups is 1. The molecule has 2 heterocycles. The third-order valence-electron chi connectivity index (χ3n) is 5.36. The van der Waals surface area contributed by atoms with Gasteiger partial charge in [0.15, 0.2) is 4.80 Å². The summed E-state index contributed by atoms with van der Waals surface area (Å²) in [5, 5.41) is 9.80. The quantitative estimate of drug-likeness (QED) is 0.462. The van der Waals surface area contributed by atoms with E-state index in [0.29, 0.717) is 36.4 Å². The number of para-hydroxylation sites is 1. The molecule has 182 valence electrons. The maximum atomic E-state index is 13.7. The Labute approximate surface area is 214 Å². The molecular weight excluding hydrogens is 532 g/mol. The van der Waals surface area contributed by atoms with Gasteiger partial charge < -0.3 is 14.6 Å². The molecule has 3 aromatic rings. The van der Waals surface area contributed by atoms with Crippen molar-refractivity contribution in [1.82, 2.24) is 4.57 Å². The average Bonchev–Trinajstić information content (AvgIpc) is 3.10. The van der Waals surface area contributed by atoms with Gasteiger partial charge in [0.05, 0.1) is 33.0 Å². The molecule has 0 radical (unpaired) electrons. The molecule has 0 unspecified atom stereocenters. The number of allylic oxidation sites excluding steroid dienone is 1. The Bertz CT molecular complexity index is 1500. The normalized spacial score (nSPS) is 15.7. The minimum atomic E-state index is -0.756. The van der Waals surface area contributed by atoms with E-state index in [-0.39, 0.29) is 24.0 Å². The summed E-state index contributed by atoms with van der Waals surface area (Å²) >= 11 is 4.55. The van der Waals surface area contributed by atoms with Crippen molar-refractivity contribution in [3.63, 3.8) is 0 Å². The van der Waals surface area contributed by atoms with Gasteiger partial charge in [-0.2, -0.15) is 0 Å². The lowest BCUT2D eigenvalue weighted by Crippen LogP contribution is -2.40. The Balaban J connectivity index is 1.98. The summed E-state index contributed by atoms with van der Waals surface area (Å²) in [4.78, 5) is 31.9. The molecule has 1 aliphatic rings. The standard InChI is InChI=1S/C26H25BrN2O5S/c1-5-33-25(32)22-15(4)28-26-29(23(22)17-8-6-7-9-20(17)34-14(2)3)24(31)21(35-26)13-16-10-11-19(30)18(27)12-16/h6-14,23,30H,5H2,1-4H3/b21-13+/t23-/m1/s1. The molecule has 0 bridgehead atoms. The molecule has 1 atom stereocenters. The van der Waals surface area contributed by atoms with Crippen LogP contribution in [-0.2, 0) is 9.53 Å². The van der Waals surface area contributed by atoms with Gasteiger partial charge in [-0.05, 0) is 73.5 Å². The zero-order valence-electron chi connectivity index (χ0n) is 19.7. The molecular formula is C26H25BrN2O5S. The zero-order chi connectivity index (χ0) is 25.3. The number of carbonyl (C=O) groups excluding carboxylic acids is 1. The van der Waals surface area contributed by atoms with Gasteiger partial charge in [0.25, 0.3) is 5.56 Å². The second-order valence-corrected chi connectivity index (χ2v) is 10.1. The second kappa shape index (κ2) is 10.2. The molecule has 4 rings (SSSR count). The van der Waals surface area contributed by atoms with Gasteiger partial charge in [-0.1, -0.05) is 35.6 Å².